The van der Waals surface area contributed by atoms with Crippen molar-refractivity contribution in [1.29, 1.82) is 0 Å². The van der Waals surface area contributed by atoms with E-state index in [1.807, 2.05) is 26.0 Å². The number of pyridine rings is 1. The molecule has 0 bridgehead atoms. The van der Waals surface area contributed by atoms with Crippen molar-refractivity contribution in [1.82, 2.24) is 15.5 Å². The van der Waals surface area contributed by atoms with Gasteiger partial charge in [0.05, 0.1) is 12.1 Å². The van der Waals surface area contributed by atoms with Crippen LogP contribution in [0.4, 0.5) is 0 Å². The fraction of sp³-hybridized carbons (Fsp3) is 0.308. The van der Waals surface area contributed by atoms with E-state index in [0.29, 0.717) is 18.7 Å². The van der Waals surface area contributed by atoms with Gasteiger partial charge in [0.1, 0.15) is 5.76 Å². The largest absolute Gasteiger partial charge is 0.361 e. The fourth-order valence-electron chi connectivity index (χ4n) is 1.68. The number of hydrogen-bond acceptors (Lipinski definition) is 4. The van der Waals surface area contributed by atoms with E-state index in [9.17, 15) is 4.79 Å². The molecule has 0 fully saturated rings. The Bertz CT molecular complexity index is 515. The molecule has 94 valence electrons. The minimum Gasteiger partial charge on any atom is -0.361 e. The summed E-state index contributed by atoms with van der Waals surface area (Å²) in [7, 11) is 0. The molecule has 18 heavy (non-hydrogen) atoms. The first-order valence-electron chi connectivity index (χ1n) is 5.74. The lowest BCUT2D eigenvalue weighted by atomic mass is 10.1. The molecule has 2 rings (SSSR count). The molecule has 2 heterocycles. The summed E-state index contributed by atoms with van der Waals surface area (Å²) in [4.78, 5) is 15.8. The summed E-state index contributed by atoms with van der Waals surface area (Å²) in [5.41, 5.74) is 2.60. The van der Waals surface area contributed by atoms with Gasteiger partial charge in [-0.2, -0.15) is 0 Å². The Morgan fingerprint density at radius 2 is 2.28 bits per heavy atom. The highest BCUT2D eigenvalue weighted by molar-refractivity contribution is 5.78. The van der Waals surface area contributed by atoms with Crippen LogP contribution in [0.3, 0.4) is 0 Å². The molecule has 0 saturated heterocycles. The zero-order valence-electron chi connectivity index (χ0n) is 10.4. The number of hydrogen-bond donors (Lipinski definition) is 1. The predicted molar refractivity (Wildman–Crippen MR) is 65.8 cm³/mol. The molecule has 0 saturated carbocycles. The second-order valence-electron chi connectivity index (χ2n) is 4.12. The van der Waals surface area contributed by atoms with E-state index in [2.05, 4.69) is 15.5 Å². The number of aromatic nitrogens is 2. The first kappa shape index (κ1) is 12.3. The van der Waals surface area contributed by atoms with Crippen molar-refractivity contribution in [2.45, 2.75) is 26.8 Å². The summed E-state index contributed by atoms with van der Waals surface area (Å²) >= 11 is 0. The third-order valence-electron chi connectivity index (χ3n) is 2.73. The number of nitrogens with zero attached hydrogens (tertiary/aromatic N) is 2. The van der Waals surface area contributed by atoms with Gasteiger partial charge < -0.3 is 9.84 Å². The van der Waals surface area contributed by atoms with Crippen LogP contribution in [-0.4, -0.2) is 16.0 Å². The number of nitrogens with one attached hydrogen (secondary N) is 1. The van der Waals surface area contributed by atoms with Crippen molar-refractivity contribution in [3.05, 3.63) is 47.1 Å². The van der Waals surface area contributed by atoms with Crippen LogP contribution >= 0.6 is 0 Å². The quantitative estimate of drug-likeness (QED) is 0.887. The van der Waals surface area contributed by atoms with Crippen molar-refractivity contribution in [2.24, 2.45) is 0 Å². The Balaban J connectivity index is 1.90. The topological polar surface area (TPSA) is 68.0 Å². The summed E-state index contributed by atoms with van der Waals surface area (Å²) < 4.78 is 5.02. The van der Waals surface area contributed by atoms with Gasteiger partial charge in [0, 0.05) is 24.5 Å². The van der Waals surface area contributed by atoms with Gasteiger partial charge in [-0.3, -0.25) is 9.78 Å². The van der Waals surface area contributed by atoms with Gasteiger partial charge in [-0.1, -0.05) is 11.2 Å². The van der Waals surface area contributed by atoms with Crippen LogP contribution in [0.1, 0.15) is 22.6 Å². The number of carbonyl (C=O) groups is 1. The molecule has 0 spiro atoms. The molecule has 2 aromatic rings. The van der Waals surface area contributed by atoms with E-state index in [-0.39, 0.29) is 5.91 Å². The zero-order chi connectivity index (χ0) is 13.0. The monoisotopic (exact) mass is 245 g/mol. The second kappa shape index (κ2) is 5.44. The molecule has 0 aliphatic heterocycles. The highest BCUT2D eigenvalue weighted by atomic mass is 16.5. The maximum atomic E-state index is 11.8. The molecule has 0 unspecified atom stereocenters. The van der Waals surface area contributed by atoms with Gasteiger partial charge >= 0.3 is 0 Å². The summed E-state index contributed by atoms with van der Waals surface area (Å²) in [6.45, 7) is 4.13. The zero-order valence-corrected chi connectivity index (χ0v) is 10.4. The van der Waals surface area contributed by atoms with E-state index in [1.54, 1.807) is 12.4 Å². The summed E-state index contributed by atoms with van der Waals surface area (Å²) in [5, 5.41) is 6.67. The predicted octanol–water partition coefficient (Wildman–Crippen LogP) is 1.55. The van der Waals surface area contributed by atoms with Gasteiger partial charge in [0.25, 0.3) is 0 Å². The lowest BCUT2D eigenvalue weighted by Gasteiger charge is -2.04. The highest BCUT2D eigenvalue weighted by Gasteiger charge is 2.12. The molecular formula is C13H15N3O2. The van der Waals surface area contributed by atoms with E-state index >= 15 is 0 Å². The number of amides is 1. The Morgan fingerprint density at radius 1 is 1.44 bits per heavy atom. The third kappa shape index (κ3) is 2.94. The van der Waals surface area contributed by atoms with E-state index < -0.39 is 0 Å². The molecule has 2 aromatic heterocycles. The Labute approximate surface area is 105 Å². The highest BCUT2D eigenvalue weighted by Crippen LogP contribution is 2.12. The average Bonchev–Trinajstić information content (AvgIpc) is 2.69. The van der Waals surface area contributed by atoms with Gasteiger partial charge in [-0.15, -0.1) is 0 Å². The Morgan fingerprint density at radius 3 is 2.89 bits per heavy atom. The first-order valence-corrected chi connectivity index (χ1v) is 5.74. The molecule has 0 atom stereocenters. The third-order valence-corrected chi connectivity index (χ3v) is 2.73. The lowest BCUT2D eigenvalue weighted by molar-refractivity contribution is -0.120. The number of rotatable bonds is 4. The summed E-state index contributed by atoms with van der Waals surface area (Å²) in [6.07, 6.45) is 3.73. The maximum Gasteiger partial charge on any atom is 0.224 e. The molecule has 0 aliphatic carbocycles. The van der Waals surface area contributed by atoms with Crippen molar-refractivity contribution >= 4 is 5.91 Å². The van der Waals surface area contributed by atoms with Gasteiger partial charge in [-0.25, -0.2) is 0 Å². The smallest absolute Gasteiger partial charge is 0.224 e. The molecule has 1 N–H and O–H groups in total. The average molecular weight is 245 g/mol. The van der Waals surface area contributed by atoms with E-state index in [1.165, 1.54) is 0 Å². The molecule has 0 aromatic carbocycles. The van der Waals surface area contributed by atoms with Crippen molar-refractivity contribution in [2.75, 3.05) is 0 Å². The van der Waals surface area contributed by atoms with Gasteiger partial charge in [0.15, 0.2) is 0 Å². The second-order valence-corrected chi connectivity index (χ2v) is 4.12. The Kier molecular flexibility index (Phi) is 3.72. The lowest BCUT2D eigenvalue weighted by Crippen LogP contribution is -2.24. The van der Waals surface area contributed by atoms with Gasteiger partial charge in [-0.05, 0) is 25.5 Å². The first-order chi connectivity index (χ1) is 8.66. The molecule has 1 amide bonds. The molecular weight excluding hydrogens is 230 g/mol. The van der Waals surface area contributed by atoms with Crippen LogP contribution in [0.2, 0.25) is 0 Å². The van der Waals surface area contributed by atoms with Crippen molar-refractivity contribution in [3.63, 3.8) is 0 Å². The maximum absolute atomic E-state index is 11.8. The van der Waals surface area contributed by atoms with Crippen LogP contribution in [0.5, 0.6) is 0 Å². The SMILES string of the molecule is Cc1noc(C)c1CC(=O)NCc1cccnc1. The Hall–Kier alpha value is -2.17. The van der Waals surface area contributed by atoms with Gasteiger partial charge in [0.2, 0.25) is 5.91 Å². The van der Waals surface area contributed by atoms with Crippen molar-refractivity contribution < 1.29 is 9.32 Å². The number of aryl methyl sites for hydroxylation is 2. The molecule has 5 heteroatoms. The standard InChI is InChI=1S/C13H15N3O2/c1-9-12(10(2)18-16-9)6-13(17)15-8-11-4-3-5-14-7-11/h3-5,7H,6,8H2,1-2H3,(H,15,17). The van der Waals surface area contributed by atoms with Crippen molar-refractivity contribution in [3.8, 4) is 0 Å². The minimum atomic E-state index is -0.0479. The van der Waals surface area contributed by atoms with Crippen LogP contribution < -0.4 is 5.32 Å². The van der Waals surface area contributed by atoms with Crippen LogP contribution in [-0.2, 0) is 17.8 Å². The normalized spacial score (nSPS) is 10.3. The summed E-state index contributed by atoms with van der Waals surface area (Å²) in [6, 6.07) is 3.76. The minimum absolute atomic E-state index is 0.0479. The van der Waals surface area contributed by atoms with E-state index in [4.69, 9.17) is 4.52 Å². The van der Waals surface area contributed by atoms with E-state index in [0.717, 1.165) is 16.8 Å². The van der Waals surface area contributed by atoms with Crippen LogP contribution in [0.25, 0.3) is 0 Å². The molecule has 5 nitrogen and oxygen atoms in total. The van der Waals surface area contributed by atoms with Crippen LogP contribution in [0, 0.1) is 13.8 Å². The number of carbonyl (C=O) groups excluding carboxylic acids is 1. The molecule has 0 aliphatic rings. The fourth-order valence-corrected chi connectivity index (χ4v) is 1.68. The summed E-state index contributed by atoms with van der Waals surface area (Å²) in [5.74, 6) is 0.650. The molecule has 0 radical (unpaired) electrons. The van der Waals surface area contributed by atoms with Crippen LogP contribution in [0.15, 0.2) is 29.0 Å².